The maximum absolute atomic E-state index is 10.6. The summed E-state index contributed by atoms with van der Waals surface area (Å²) >= 11 is 1.60. The molecule has 1 aliphatic heterocycles. The summed E-state index contributed by atoms with van der Waals surface area (Å²) in [5.74, 6) is -0.423. The maximum atomic E-state index is 10.6. The number of rotatable bonds is 3. The Morgan fingerprint density at radius 3 is 2.88 bits per heavy atom. The molecule has 0 aliphatic carbocycles. The van der Waals surface area contributed by atoms with Gasteiger partial charge in [-0.05, 0) is 25.3 Å². The molecule has 1 saturated heterocycles. The lowest BCUT2D eigenvalue weighted by molar-refractivity contribution is -0.113. The first-order valence-electron chi connectivity index (χ1n) is 5.44. The van der Waals surface area contributed by atoms with Crippen LogP contribution in [0.5, 0.6) is 0 Å². The van der Waals surface area contributed by atoms with Gasteiger partial charge in [0, 0.05) is 30.2 Å². The number of nitrogens with two attached hydrogens (primary N) is 1. The SMILES string of the molecule is NC(=O)/C=C/c1cnc(N2CCCCC2)s1. The largest absolute Gasteiger partial charge is 0.366 e. The minimum atomic E-state index is -0.423. The molecule has 0 spiro atoms. The summed E-state index contributed by atoms with van der Waals surface area (Å²) in [5, 5.41) is 1.05. The number of anilines is 1. The number of aromatic nitrogens is 1. The fourth-order valence-electron chi connectivity index (χ4n) is 1.75. The molecule has 1 amide bonds. The highest BCUT2D eigenvalue weighted by atomic mass is 32.1. The lowest BCUT2D eigenvalue weighted by Crippen LogP contribution is -2.29. The summed E-state index contributed by atoms with van der Waals surface area (Å²) in [7, 11) is 0. The second-order valence-electron chi connectivity index (χ2n) is 3.83. The van der Waals surface area contributed by atoms with E-state index in [2.05, 4.69) is 9.88 Å². The maximum Gasteiger partial charge on any atom is 0.241 e. The van der Waals surface area contributed by atoms with Crippen LogP contribution >= 0.6 is 11.3 Å². The first-order valence-corrected chi connectivity index (χ1v) is 6.25. The average molecular weight is 237 g/mol. The molecular formula is C11H15N3OS. The van der Waals surface area contributed by atoms with Crippen molar-refractivity contribution in [2.45, 2.75) is 19.3 Å². The minimum Gasteiger partial charge on any atom is -0.366 e. The van der Waals surface area contributed by atoms with Gasteiger partial charge in [-0.25, -0.2) is 4.98 Å². The Balaban J connectivity index is 2.03. The smallest absolute Gasteiger partial charge is 0.241 e. The Bertz CT molecular complexity index is 394. The van der Waals surface area contributed by atoms with Crippen LogP contribution in [0.15, 0.2) is 12.3 Å². The van der Waals surface area contributed by atoms with Gasteiger partial charge in [0.1, 0.15) is 0 Å². The third-order valence-electron chi connectivity index (χ3n) is 2.55. The molecule has 0 unspecified atom stereocenters. The number of hydrogen-bond donors (Lipinski definition) is 1. The fourth-order valence-corrected chi connectivity index (χ4v) is 2.62. The predicted molar refractivity (Wildman–Crippen MR) is 66.4 cm³/mol. The molecule has 1 aromatic rings. The van der Waals surface area contributed by atoms with Gasteiger partial charge >= 0.3 is 0 Å². The summed E-state index contributed by atoms with van der Waals surface area (Å²) in [5.41, 5.74) is 5.04. The molecule has 2 rings (SSSR count). The van der Waals surface area contributed by atoms with Crippen molar-refractivity contribution in [1.82, 2.24) is 4.98 Å². The summed E-state index contributed by atoms with van der Waals surface area (Å²) in [6.07, 6.45) is 8.67. The van der Waals surface area contributed by atoms with Gasteiger partial charge in [0.05, 0.1) is 0 Å². The molecular weight excluding hydrogens is 222 g/mol. The second kappa shape index (κ2) is 5.12. The van der Waals surface area contributed by atoms with Crippen molar-refractivity contribution in [1.29, 1.82) is 0 Å². The van der Waals surface area contributed by atoms with Crippen LogP contribution in [0.3, 0.4) is 0 Å². The van der Waals surface area contributed by atoms with Crippen molar-refractivity contribution in [3.63, 3.8) is 0 Å². The van der Waals surface area contributed by atoms with E-state index < -0.39 is 5.91 Å². The number of carbonyl (C=O) groups excluding carboxylic acids is 1. The van der Waals surface area contributed by atoms with Gasteiger partial charge in [0.2, 0.25) is 5.91 Å². The van der Waals surface area contributed by atoms with Crippen molar-refractivity contribution in [3.05, 3.63) is 17.2 Å². The molecule has 2 heterocycles. The second-order valence-corrected chi connectivity index (χ2v) is 4.87. The first kappa shape index (κ1) is 11.1. The molecule has 1 fully saturated rings. The van der Waals surface area contributed by atoms with Crippen LogP contribution in [-0.4, -0.2) is 24.0 Å². The molecule has 5 heteroatoms. The van der Waals surface area contributed by atoms with Gasteiger partial charge in [-0.2, -0.15) is 0 Å². The van der Waals surface area contributed by atoms with Gasteiger partial charge in [-0.1, -0.05) is 11.3 Å². The van der Waals surface area contributed by atoms with E-state index in [-0.39, 0.29) is 0 Å². The van der Waals surface area contributed by atoms with Gasteiger partial charge in [-0.3, -0.25) is 4.79 Å². The Morgan fingerprint density at radius 2 is 2.19 bits per heavy atom. The number of piperidine rings is 1. The number of hydrogen-bond acceptors (Lipinski definition) is 4. The number of amides is 1. The topological polar surface area (TPSA) is 59.2 Å². The van der Waals surface area contributed by atoms with Gasteiger partial charge in [0.25, 0.3) is 0 Å². The molecule has 2 N–H and O–H groups in total. The Labute approximate surface area is 98.8 Å². The summed E-state index contributed by atoms with van der Waals surface area (Å²) in [6, 6.07) is 0. The zero-order chi connectivity index (χ0) is 11.4. The van der Waals surface area contributed by atoms with Crippen molar-refractivity contribution in [2.75, 3.05) is 18.0 Å². The molecule has 0 saturated carbocycles. The van der Waals surface area contributed by atoms with E-state index in [0.717, 1.165) is 23.1 Å². The number of primary amides is 1. The lowest BCUT2D eigenvalue weighted by Gasteiger charge is -2.25. The Morgan fingerprint density at radius 1 is 1.44 bits per heavy atom. The summed E-state index contributed by atoms with van der Waals surface area (Å²) < 4.78 is 0. The van der Waals surface area contributed by atoms with E-state index in [9.17, 15) is 4.79 Å². The van der Waals surface area contributed by atoms with E-state index in [4.69, 9.17) is 5.73 Å². The summed E-state index contributed by atoms with van der Waals surface area (Å²) in [6.45, 7) is 2.18. The Hall–Kier alpha value is -1.36. The van der Waals surface area contributed by atoms with E-state index in [1.54, 1.807) is 23.6 Å². The molecule has 86 valence electrons. The lowest BCUT2D eigenvalue weighted by atomic mass is 10.1. The van der Waals surface area contributed by atoms with Crippen LogP contribution in [-0.2, 0) is 4.79 Å². The number of nitrogens with zero attached hydrogens (tertiary/aromatic N) is 2. The molecule has 1 aromatic heterocycles. The van der Waals surface area contributed by atoms with Gasteiger partial charge in [0.15, 0.2) is 5.13 Å². The van der Waals surface area contributed by atoms with Crippen LogP contribution in [0.1, 0.15) is 24.1 Å². The highest BCUT2D eigenvalue weighted by Crippen LogP contribution is 2.25. The van der Waals surface area contributed by atoms with E-state index in [1.807, 2.05) is 0 Å². The highest BCUT2D eigenvalue weighted by Gasteiger charge is 2.13. The van der Waals surface area contributed by atoms with Crippen molar-refractivity contribution in [2.24, 2.45) is 5.73 Å². The fraction of sp³-hybridized carbons (Fsp3) is 0.455. The molecule has 0 atom stereocenters. The third kappa shape index (κ3) is 2.82. The molecule has 0 aromatic carbocycles. The van der Waals surface area contributed by atoms with E-state index in [0.29, 0.717) is 0 Å². The molecule has 0 radical (unpaired) electrons. The van der Waals surface area contributed by atoms with Crippen LogP contribution in [0.2, 0.25) is 0 Å². The molecule has 0 bridgehead atoms. The normalized spacial score (nSPS) is 16.9. The molecule has 16 heavy (non-hydrogen) atoms. The summed E-state index contributed by atoms with van der Waals surface area (Å²) in [4.78, 5) is 18.2. The van der Waals surface area contributed by atoms with Crippen LogP contribution in [0.25, 0.3) is 6.08 Å². The van der Waals surface area contributed by atoms with Crippen LogP contribution in [0.4, 0.5) is 5.13 Å². The van der Waals surface area contributed by atoms with Gasteiger partial charge < -0.3 is 10.6 Å². The molecule has 4 nitrogen and oxygen atoms in total. The van der Waals surface area contributed by atoms with Crippen molar-refractivity contribution in [3.8, 4) is 0 Å². The first-order chi connectivity index (χ1) is 7.75. The number of thiazole rings is 1. The Kier molecular flexibility index (Phi) is 3.56. The van der Waals surface area contributed by atoms with E-state index >= 15 is 0 Å². The van der Waals surface area contributed by atoms with Crippen LogP contribution in [0, 0.1) is 0 Å². The zero-order valence-electron chi connectivity index (χ0n) is 9.06. The standard InChI is InChI=1S/C11H15N3OS/c12-10(15)5-4-9-8-13-11(16-9)14-6-2-1-3-7-14/h4-5,8H,1-3,6-7H2,(H2,12,15)/b5-4+. The monoisotopic (exact) mass is 237 g/mol. The number of carbonyl (C=O) groups is 1. The zero-order valence-corrected chi connectivity index (χ0v) is 9.87. The third-order valence-corrected chi connectivity index (χ3v) is 3.57. The average Bonchev–Trinajstić information content (AvgIpc) is 2.76. The molecule has 1 aliphatic rings. The quantitative estimate of drug-likeness (QED) is 0.813. The van der Waals surface area contributed by atoms with Crippen LogP contribution < -0.4 is 10.6 Å². The highest BCUT2D eigenvalue weighted by molar-refractivity contribution is 7.16. The van der Waals surface area contributed by atoms with E-state index in [1.165, 1.54) is 25.3 Å². The predicted octanol–water partition coefficient (Wildman–Crippen LogP) is 1.63. The van der Waals surface area contributed by atoms with Crippen molar-refractivity contribution >= 4 is 28.5 Å². The van der Waals surface area contributed by atoms with Gasteiger partial charge in [-0.15, -0.1) is 0 Å². The minimum absolute atomic E-state index is 0.423. The van der Waals surface area contributed by atoms with Crippen molar-refractivity contribution < 1.29 is 4.79 Å².